The van der Waals surface area contributed by atoms with Crippen LogP contribution in [0.25, 0.3) is 0 Å². The van der Waals surface area contributed by atoms with E-state index in [1.165, 1.54) is 0 Å². The highest BCUT2D eigenvalue weighted by molar-refractivity contribution is 9.10. The quantitative estimate of drug-likeness (QED) is 0.855. The predicted octanol–water partition coefficient (Wildman–Crippen LogP) is 1.33. The number of aryl methyl sites for hydroxylation is 2. The molecule has 1 saturated heterocycles. The van der Waals surface area contributed by atoms with Gasteiger partial charge in [-0.3, -0.25) is 4.68 Å². The van der Waals surface area contributed by atoms with Gasteiger partial charge in [0.2, 0.25) is 0 Å². The minimum absolute atomic E-state index is 0.0132. The molecule has 1 aromatic heterocycles. The van der Waals surface area contributed by atoms with E-state index in [-0.39, 0.29) is 29.9 Å². The third-order valence-corrected chi connectivity index (χ3v) is 6.84. The molecule has 2 unspecified atom stereocenters. The number of halogens is 1. The zero-order valence-electron chi connectivity index (χ0n) is 11.8. The molecule has 2 atom stereocenters. The van der Waals surface area contributed by atoms with Crippen molar-refractivity contribution in [2.24, 2.45) is 18.9 Å². The molecule has 1 aliphatic heterocycles. The van der Waals surface area contributed by atoms with Crippen LogP contribution in [0.2, 0.25) is 0 Å². The molecule has 2 heterocycles. The highest BCUT2D eigenvalue weighted by atomic mass is 79.9. The van der Waals surface area contributed by atoms with Crippen LogP contribution >= 0.6 is 15.9 Å². The van der Waals surface area contributed by atoms with Crippen molar-refractivity contribution >= 4 is 25.8 Å². The molecule has 0 radical (unpaired) electrons. The van der Waals surface area contributed by atoms with Gasteiger partial charge in [-0.1, -0.05) is 6.92 Å². The standard InChI is InChI=1S/C13H21BrN2O3S/c1-3-11-13(14)12(16(2)15-11)6-10(7-17)9-4-5-20(18,19)8-9/h9-10,17H,3-8H2,1-2H3. The minimum atomic E-state index is -2.91. The summed E-state index contributed by atoms with van der Waals surface area (Å²) in [5, 5.41) is 14.1. The van der Waals surface area contributed by atoms with Crippen LogP contribution in [0.1, 0.15) is 24.7 Å². The monoisotopic (exact) mass is 364 g/mol. The van der Waals surface area contributed by atoms with E-state index < -0.39 is 9.84 Å². The number of aliphatic hydroxyl groups excluding tert-OH is 1. The summed E-state index contributed by atoms with van der Waals surface area (Å²) in [6.07, 6.45) is 2.15. The van der Waals surface area contributed by atoms with Crippen molar-refractivity contribution in [1.29, 1.82) is 0 Å². The highest BCUT2D eigenvalue weighted by Crippen LogP contribution is 2.31. The van der Waals surface area contributed by atoms with Crippen LogP contribution in [0.3, 0.4) is 0 Å². The molecule has 20 heavy (non-hydrogen) atoms. The Kier molecular flexibility index (Phi) is 4.92. The van der Waals surface area contributed by atoms with Gasteiger partial charge in [0.15, 0.2) is 9.84 Å². The summed E-state index contributed by atoms with van der Waals surface area (Å²) in [4.78, 5) is 0. The van der Waals surface area contributed by atoms with Gasteiger partial charge in [-0.15, -0.1) is 0 Å². The fourth-order valence-corrected chi connectivity index (χ4v) is 5.56. The van der Waals surface area contributed by atoms with E-state index in [0.29, 0.717) is 12.8 Å². The molecule has 0 amide bonds. The Morgan fingerprint density at radius 2 is 2.25 bits per heavy atom. The zero-order valence-corrected chi connectivity index (χ0v) is 14.2. The summed E-state index contributed by atoms with van der Waals surface area (Å²) in [5.74, 6) is 0.482. The average Bonchev–Trinajstić information content (AvgIpc) is 2.88. The molecule has 1 N–H and O–H groups in total. The Hall–Kier alpha value is -0.400. The topological polar surface area (TPSA) is 72.2 Å². The van der Waals surface area contributed by atoms with Crippen LogP contribution in [-0.2, 0) is 29.7 Å². The van der Waals surface area contributed by atoms with E-state index in [2.05, 4.69) is 21.0 Å². The first-order chi connectivity index (χ1) is 9.38. The first kappa shape index (κ1) is 16.0. The largest absolute Gasteiger partial charge is 0.396 e. The fourth-order valence-electron chi connectivity index (χ4n) is 2.87. The Morgan fingerprint density at radius 1 is 1.55 bits per heavy atom. The second kappa shape index (κ2) is 6.15. The molecule has 0 aliphatic carbocycles. The van der Waals surface area contributed by atoms with Gasteiger partial charge >= 0.3 is 0 Å². The van der Waals surface area contributed by atoms with E-state index in [0.717, 1.165) is 22.3 Å². The zero-order chi connectivity index (χ0) is 14.9. The van der Waals surface area contributed by atoms with E-state index in [1.807, 2.05) is 18.7 Å². The molecule has 1 aliphatic rings. The van der Waals surface area contributed by atoms with Gasteiger partial charge in [0.1, 0.15) is 0 Å². The second-order valence-corrected chi connectivity index (χ2v) is 8.52. The normalized spacial score (nSPS) is 23.1. The molecule has 0 saturated carbocycles. The van der Waals surface area contributed by atoms with Crippen molar-refractivity contribution in [1.82, 2.24) is 9.78 Å². The van der Waals surface area contributed by atoms with Gasteiger partial charge in [-0.2, -0.15) is 5.10 Å². The molecular formula is C13H21BrN2O3S. The lowest BCUT2D eigenvalue weighted by atomic mass is 9.88. The summed E-state index contributed by atoms with van der Waals surface area (Å²) in [5.41, 5.74) is 2.03. The molecule has 2 rings (SSSR count). The Balaban J connectivity index is 2.17. The van der Waals surface area contributed by atoms with Gasteiger partial charge < -0.3 is 5.11 Å². The number of sulfone groups is 1. The molecule has 1 aromatic rings. The Labute approximate surface area is 128 Å². The van der Waals surface area contributed by atoms with E-state index in [9.17, 15) is 13.5 Å². The van der Waals surface area contributed by atoms with Crippen molar-refractivity contribution in [2.75, 3.05) is 18.1 Å². The lowest BCUT2D eigenvalue weighted by Crippen LogP contribution is -2.23. The van der Waals surface area contributed by atoms with Crippen LogP contribution < -0.4 is 0 Å². The molecule has 0 aromatic carbocycles. The van der Waals surface area contributed by atoms with Gasteiger partial charge in [0, 0.05) is 13.7 Å². The summed E-state index contributed by atoms with van der Waals surface area (Å²) in [6.45, 7) is 2.06. The number of rotatable bonds is 5. The second-order valence-electron chi connectivity index (χ2n) is 5.49. The summed E-state index contributed by atoms with van der Waals surface area (Å²) >= 11 is 3.57. The minimum Gasteiger partial charge on any atom is -0.396 e. The third-order valence-electron chi connectivity index (χ3n) is 4.13. The Bertz CT molecular complexity index is 583. The maximum Gasteiger partial charge on any atom is 0.150 e. The number of nitrogens with zero attached hydrogens (tertiary/aromatic N) is 2. The average molecular weight is 365 g/mol. The van der Waals surface area contributed by atoms with Gasteiger partial charge in [0.05, 0.1) is 27.4 Å². The molecule has 5 nitrogen and oxygen atoms in total. The van der Waals surface area contributed by atoms with Crippen molar-refractivity contribution in [3.05, 3.63) is 15.9 Å². The van der Waals surface area contributed by atoms with Crippen LogP contribution in [0, 0.1) is 11.8 Å². The number of aromatic nitrogens is 2. The molecule has 1 fully saturated rings. The van der Waals surface area contributed by atoms with Crippen LogP contribution in [-0.4, -0.2) is 41.4 Å². The number of hydrogen-bond acceptors (Lipinski definition) is 4. The number of hydrogen-bond donors (Lipinski definition) is 1. The van der Waals surface area contributed by atoms with Gasteiger partial charge in [-0.05, 0) is 47.0 Å². The van der Waals surface area contributed by atoms with Crippen molar-refractivity contribution in [3.8, 4) is 0 Å². The van der Waals surface area contributed by atoms with E-state index >= 15 is 0 Å². The molecule has 0 spiro atoms. The lowest BCUT2D eigenvalue weighted by Gasteiger charge is -2.20. The molecule has 114 valence electrons. The predicted molar refractivity (Wildman–Crippen MR) is 81.3 cm³/mol. The van der Waals surface area contributed by atoms with E-state index in [1.54, 1.807) is 0 Å². The van der Waals surface area contributed by atoms with Crippen LogP contribution in [0.5, 0.6) is 0 Å². The summed E-state index contributed by atoms with van der Waals surface area (Å²) in [7, 11) is -1.02. The maximum atomic E-state index is 11.6. The SMILES string of the molecule is CCc1nn(C)c(CC(CO)C2CCS(=O)(=O)C2)c1Br. The maximum absolute atomic E-state index is 11.6. The van der Waals surface area contributed by atoms with Gasteiger partial charge in [-0.25, -0.2) is 8.42 Å². The third kappa shape index (κ3) is 3.26. The van der Waals surface area contributed by atoms with Crippen molar-refractivity contribution in [3.63, 3.8) is 0 Å². The van der Waals surface area contributed by atoms with Crippen LogP contribution in [0.4, 0.5) is 0 Å². The first-order valence-corrected chi connectivity index (χ1v) is 9.51. The fraction of sp³-hybridized carbons (Fsp3) is 0.769. The molecular weight excluding hydrogens is 344 g/mol. The van der Waals surface area contributed by atoms with E-state index in [4.69, 9.17) is 0 Å². The summed E-state index contributed by atoms with van der Waals surface area (Å²) in [6, 6.07) is 0. The highest BCUT2D eigenvalue weighted by Gasteiger charge is 2.34. The van der Waals surface area contributed by atoms with Gasteiger partial charge in [0.25, 0.3) is 0 Å². The first-order valence-electron chi connectivity index (χ1n) is 6.89. The van der Waals surface area contributed by atoms with Crippen molar-refractivity contribution in [2.45, 2.75) is 26.2 Å². The Morgan fingerprint density at radius 3 is 2.70 bits per heavy atom. The molecule has 7 heteroatoms. The number of aliphatic hydroxyl groups is 1. The smallest absolute Gasteiger partial charge is 0.150 e. The van der Waals surface area contributed by atoms with Crippen LogP contribution in [0.15, 0.2) is 4.47 Å². The summed E-state index contributed by atoms with van der Waals surface area (Å²) < 4.78 is 26.0. The van der Waals surface area contributed by atoms with Crippen molar-refractivity contribution < 1.29 is 13.5 Å². The lowest BCUT2D eigenvalue weighted by molar-refractivity contribution is 0.182. The molecule has 0 bridgehead atoms.